The van der Waals surface area contributed by atoms with E-state index in [9.17, 15) is 8.42 Å². The molecule has 118 valence electrons. The van der Waals surface area contributed by atoms with Gasteiger partial charge in [-0.1, -0.05) is 0 Å². The van der Waals surface area contributed by atoms with Crippen LogP contribution < -0.4 is 9.46 Å². The van der Waals surface area contributed by atoms with E-state index in [2.05, 4.69) is 24.7 Å². The van der Waals surface area contributed by atoms with Gasteiger partial charge in [-0.2, -0.15) is 0 Å². The quantitative estimate of drug-likeness (QED) is 0.845. The Kier molecular flexibility index (Phi) is 4.34. The smallest absolute Gasteiger partial charge is 0.257 e. The van der Waals surface area contributed by atoms with E-state index < -0.39 is 10.0 Å². The minimum absolute atomic E-state index is 0.0459. The van der Waals surface area contributed by atoms with Crippen molar-refractivity contribution in [1.29, 1.82) is 0 Å². The molecule has 0 bridgehead atoms. The molecule has 0 unspecified atom stereocenters. The van der Waals surface area contributed by atoms with Crippen LogP contribution in [0, 0.1) is 0 Å². The van der Waals surface area contributed by atoms with Gasteiger partial charge in [0, 0.05) is 18.4 Å². The van der Waals surface area contributed by atoms with Gasteiger partial charge in [0.05, 0.1) is 18.7 Å². The Morgan fingerprint density at radius 2 is 1.95 bits per heavy atom. The second-order valence-corrected chi connectivity index (χ2v) is 6.85. The molecule has 2 N–H and O–H groups in total. The Morgan fingerprint density at radius 1 is 1.14 bits per heavy atom. The number of sulfonamides is 1. The molecule has 1 aliphatic carbocycles. The maximum absolute atomic E-state index is 12.1. The fraction of sp³-hybridized carbons (Fsp3) is 0.462. The number of imidazole rings is 1. The SMILES string of the molecule is O=S(=O)(NC1CCC(Oc2cnccn2)CC1)c1cnc[nH]1. The first-order valence-electron chi connectivity index (χ1n) is 7.07. The molecule has 22 heavy (non-hydrogen) atoms. The highest BCUT2D eigenvalue weighted by Crippen LogP contribution is 2.23. The molecule has 0 atom stereocenters. The number of aromatic nitrogens is 4. The number of nitrogens with one attached hydrogen (secondary N) is 2. The zero-order valence-corrected chi connectivity index (χ0v) is 12.7. The lowest BCUT2D eigenvalue weighted by atomic mass is 9.94. The van der Waals surface area contributed by atoms with Crippen molar-refractivity contribution in [2.45, 2.75) is 42.9 Å². The van der Waals surface area contributed by atoms with Gasteiger partial charge in [-0.15, -0.1) is 0 Å². The van der Waals surface area contributed by atoms with Gasteiger partial charge in [0.1, 0.15) is 6.10 Å². The second kappa shape index (κ2) is 6.41. The van der Waals surface area contributed by atoms with Crippen molar-refractivity contribution in [3.63, 3.8) is 0 Å². The molecular formula is C13H17N5O3S. The molecule has 2 heterocycles. The first-order chi connectivity index (χ1) is 10.6. The predicted octanol–water partition coefficient (Wildman–Crippen LogP) is 0.868. The molecular weight excluding hydrogens is 306 g/mol. The average Bonchev–Trinajstić information content (AvgIpc) is 3.05. The van der Waals surface area contributed by atoms with E-state index in [1.165, 1.54) is 12.5 Å². The molecule has 3 rings (SSSR count). The molecule has 0 amide bonds. The average molecular weight is 323 g/mol. The molecule has 0 saturated heterocycles. The van der Waals surface area contributed by atoms with Gasteiger partial charge in [-0.25, -0.2) is 23.1 Å². The van der Waals surface area contributed by atoms with E-state index in [4.69, 9.17) is 4.74 Å². The summed E-state index contributed by atoms with van der Waals surface area (Å²) >= 11 is 0. The molecule has 0 aromatic carbocycles. The number of nitrogens with zero attached hydrogens (tertiary/aromatic N) is 3. The van der Waals surface area contributed by atoms with Crippen LogP contribution in [0.4, 0.5) is 0 Å². The lowest BCUT2D eigenvalue weighted by molar-refractivity contribution is 0.138. The maximum Gasteiger partial charge on any atom is 0.257 e. The summed E-state index contributed by atoms with van der Waals surface area (Å²) in [4.78, 5) is 14.4. The van der Waals surface area contributed by atoms with Crippen LogP contribution in [0.3, 0.4) is 0 Å². The third-order valence-electron chi connectivity index (χ3n) is 3.59. The molecule has 1 aliphatic rings. The third-order valence-corrected chi connectivity index (χ3v) is 5.03. The molecule has 2 aromatic rings. The Morgan fingerprint density at radius 3 is 2.59 bits per heavy atom. The highest BCUT2D eigenvalue weighted by molar-refractivity contribution is 7.89. The summed E-state index contributed by atoms with van der Waals surface area (Å²) in [5.41, 5.74) is 0. The van der Waals surface area contributed by atoms with E-state index in [1.54, 1.807) is 18.6 Å². The van der Waals surface area contributed by atoms with Gasteiger partial charge in [0.2, 0.25) is 5.88 Å². The van der Waals surface area contributed by atoms with Gasteiger partial charge >= 0.3 is 0 Å². The molecule has 1 saturated carbocycles. The van der Waals surface area contributed by atoms with Crippen LogP contribution in [-0.2, 0) is 10.0 Å². The van der Waals surface area contributed by atoms with E-state index in [0.717, 1.165) is 25.7 Å². The van der Waals surface area contributed by atoms with Crippen LogP contribution in [-0.4, -0.2) is 40.5 Å². The number of ether oxygens (including phenoxy) is 1. The summed E-state index contributed by atoms with van der Waals surface area (Å²) in [6, 6.07) is -0.0880. The minimum atomic E-state index is -3.52. The van der Waals surface area contributed by atoms with Crippen molar-refractivity contribution in [2.24, 2.45) is 0 Å². The normalized spacial score (nSPS) is 22.4. The monoisotopic (exact) mass is 323 g/mol. The predicted molar refractivity (Wildman–Crippen MR) is 77.6 cm³/mol. The van der Waals surface area contributed by atoms with Gasteiger partial charge in [0.15, 0.2) is 5.03 Å². The van der Waals surface area contributed by atoms with Gasteiger partial charge in [0.25, 0.3) is 10.0 Å². The van der Waals surface area contributed by atoms with E-state index in [1.807, 2.05) is 0 Å². The fourth-order valence-corrected chi connectivity index (χ4v) is 3.70. The lowest BCUT2D eigenvalue weighted by Crippen LogP contribution is -2.39. The van der Waals surface area contributed by atoms with Gasteiger partial charge < -0.3 is 9.72 Å². The Labute approximate surface area is 128 Å². The third kappa shape index (κ3) is 3.60. The lowest BCUT2D eigenvalue weighted by Gasteiger charge is -2.28. The molecule has 0 radical (unpaired) electrons. The molecule has 0 spiro atoms. The topological polar surface area (TPSA) is 110 Å². The highest BCUT2D eigenvalue weighted by Gasteiger charge is 2.27. The summed E-state index contributed by atoms with van der Waals surface area (Å²) in [6.07, 6.45) is 10.4. The van der Waals surface area contributed by atoms with Crippen LogP contribution in [0.25, 0.3) is 0 Å². The van der Waals surface area contributed by atoms with Gasteiger partial charge in [-0.3, -0.25) is 4.98 Å². The minimum Gasteiger partial charge on any atom is -0.473 e. The molecule has 8 nitrogen and oxygen atoms in total. The van der Waals surface area contributed by atoms with Crippen LogP contribution in [0.5, 0.6) is 5.88 Å². The Hall–Kier alpha value is -2.00. The maximum atomic E-state index is 12.1. The zero-order chi connectivity index (χ0) is 15.4. The zero-order valence-electron chi connectivity index (χ0n) is 11.8. The van der Waals surface area contributed by atoms with E-state index >= 15 is 0 Å². The summed E-state index contributed by atoms with van der Waals surface area (Å²) in [5, 5.41) is 0.0884. The van der Waals surface area contributed by atoms with Crippen LogP contribution in [0.15, 0.2) is 36.1 Å². The molecule has 0 aliphatic heterocycles. The van der Waals surface area contributed by atoms with E-state index in [0.29, 0.717) is 5.88 Å². The van der Waals surface area contributed by atoms with Crippen molar-refractivity contribution in [3.05, 3.63) is 31.1 Å². The number of hydrogen-bond donors (Lipinski definition) is 2. The Balaban J connectivity index is 1.52. The van der Waals surface area contributed by atoms with Crippen molar-refractivity contribution < 1.29 is 13.2 Å². The van der Waals surface area contributed by atoms with E-state index in [-0.39, 0.29) is 17.2 Å². The first kappa shape index (κ1) is 14.9. The van der Waals surface area contributed by atoms with Crippen LogP contribution >= 0.6 is 0 Å². The number of rotatable bonds is 5. The fourth-order valence-electron chi connectivity index (χ4n) is 2.49. The number of hydrogen-bond acceptors (Lipinski definition) is 6. The molecule has 1 fully saturated rings. The van der Waals surface area contributed by atoms with Crippen LogP contribution in [0.1, 0.15) is 25.7 Å². The molecule has 2 aromatic heterocycles. The first-order valence-corrected chi connectivity index (χ1v) is 8.55. The largest absolute Gasteiger partial charge is 0.473 e. The summed E-state index contributed by atoms with van der Waals surface area (Å²) in [6.45, 7) is 0. The van der Waals surface area contributed by atoms with Crippen molar-refractivity contribution in [1.82, 2.24) is 24.7 Å². The highest BCUT2D eigenvalue weighted by atomic mass is 32.2. The van der Waals surface area contributed by atoms with Crippen LogP contribution in [0.2, 0.25) is 0 Å². The number of H-pyrrole nitrogens is 1. The summed E-state index contributed by atoms with van der Waals surface area (Å²) in [7, 11) is -3.52. The molecule has 9 heteroatoms. The van der Waals surface area contributed by atoms with Gasteiger partial charge in [-0.05, 0) is 25.7 Å². The standard InChI is InChI=1S/C13H17N5O3S/c19-22(20,13-8-15-9-17-13)18-10-1-3-11(4-2-10)21-12-7-14-5-6-16-12/h5-11,18H,1-4H2,(H,15,17). The van der Waals surface area contributed by atoms with Crippen molar-refractivity contribution in [3.8, 4) is 5.88 Å². The summed E-state index contributed by atoms with van der Waals surface area (Å²) < 4.78 is 32.6. The summed E-state index contributed by atoms with van der Waals surface area (Å²) in [5.74, 6) is 0.504. The van der Waals surface area contributed by atoms with Crippen molar-refractivity contribution in [2.75, 3.05) is 0 Å². The number of aromatic amines is 1. The second-order valence-electron chi connectivity index (χ2n) is 5.17. The van der Waals surface area contributed by atoms with Crippen molar-refractivity contribution >= 4 is 10.0 Å². The Bertz CT molecular complexity index is 682.